The number of ether oxygens (including phenoxy) is 4. The van der Waals surface area contributed by atoms with Gasteiger partial charge in [0.2, 0.25) is 0 Å². The van der Waals surface area contributed by atoms with Gasteiger partial charge in [-0.25, -0.2) is 9.59 Å². The molecule has 0 fully saturated rings. The molecule has 0 amide bonds. The van der Waals surface area contributed by atoms with Crippen molar-refractivity contribution < 1.29 is 28.5 Å². The van der Waals surface area contributed by atoms with Gasteiger partial charge in [0.1, 0.15) is 23.0 Å². The number of benzene rings is 5. The normalized spacial score (nSPS) is 17.4. The van der Waals surface area contributed by atoms with Crippen LogP contribution in [0.15, 0.2) is 97.1 Å². The quantitative estimate of drug-likeness (QED) is 0.0333. The number of esters is 2. The molecule has 0 unspecified atom stereocenters. The number of rotatable bonds is 30. The Morgan fingerprint density at radius 2 is 0.662 bits per heavy atom. The third kappa shape index (κ3) is 11.0. The lowest BCUT2D eigenvalue weighted by Gasteiger charge is -2.41. The largest absolute Gasteiger partial charge is 0.456 e. The van der Waals surface area contributed by atoms with Gasteiger partial charge in [0, 0.05) is 89.1 Å². The van der Waals surface area contributed by atoms with Crippen molar-refractivity contribution in [3.63, 3.8) is 0 Å². The maximum atomic E-state index is 14.2. The molecule has 4 aliphatic rings. The van der Waals surface area contributed by atoms with Crippen LogP contribution in [0.5, 0.6) is 23.0 Å². The highest BCUT2D eigenvalue weighted by Gasteiger charge is 2.58. The van der Waals surface area contributed by atoms with Crippen molar-refractivity contribution in [1.82, 2.24) is 0 Å². The molecular formula is C66H84N2O6. The number of hydrogen-bond donors (Lipinski definition) is 0. The van der Waals surface area contributed by atoms with E-state index in [4.69, 9.17) is 18.9 Å². The average Bonchev–Trinajstić information content (AvgIpc) is 3.89. The van der Waals surface area contributed by atoms with Crippen LogP contribution in [0, 0.1) is 0 Å². The molecule has 0 saturated carbocycles. The summed E-state index contributed by atoms with van der Waals surface area (Å²) in [5.41, 5.74) is 4.96. The summed E-state index contributed by atoms with van der Waals surface area (Å²) in [4.78, 5) is 33.6. The molecule has 0 saturated heterocycles. The summed E-state index contributed by atoms with van der Waals surface area (Å²) >= 11 is 0. The van der Waals surface area contributed by atoms with Gasteiger partial charge in [-0.05, 0) is 68.1 Å². The smallest absolute Gasteiger partial charge is 0.340 e. The van der Waals surface area contributed by atoms with Crippen LogP contribution in [0.25, 0.3) is 0 Å². The Labute approximate surface area is 443 Å². The molecular weight excluding hydrogens is 917 g/mol. The van der Waals surface area contributed by atoms with Crippen molar-refractivity contribution in [2.45, 2.75) is 193 Å². The molecule has 0 bridgehead atoms. The van der Waals surface area contributed by atoms with Crippen molar-refractivity contribution in [2.24, 2.45) is 0 Å². The summed E-state index contributed by atoms with van der Waals surface area (Å²) in [6.45, 7) is 13.0. The lowest BCUT2D eigenvalue weighted by Crippen LogP contribution is -2.37. The zero-order chi connectivity index (χ0) is 51.3. The number of carbonyl (C=O) groups is 2. The van der Waals surface area contributed by atoms with Gasteiger partial charge in [0.25, 0.3) is 0 Å². The Kier molecular flexibility index (Phi) is 18.1. The Hall–Kier alpha value is -5.76. The second-order valence-electron chi connectivity index (χ2n) is 21.7. The number of fused-ring (bicyclic) bond motifs is 12. The first-order valence-electron chi connectivity index (χ1n) is 29.4. The maximum Gasteiger partial charge on any atom is 0.340 e. The van der Waals surface area contributed by atoms with Gasteiger partial charge in [0.15, 0.2) is 11.2 Å². The highest BCUT2D eigenvalue weighted by atomic mass is 16.6. The fourth-order valence-electron chi connectivity index (χ4n) is 12.3. The predicted octanol–water partition coefficient (Wildman–Crippen LogP) is 17.9. The first kappa shape index (κ1) is 53.1. The molecule has 9 rings (SSSR count). The molecule has 74 heavy (non-hydrogen) atoms. The third-order valence-corrected chi connectivity index (χ3v) is 16.4. The number of anilines is 2. The Bertz CT molecular complexity index is 2480. The number of hydrogen-bond acceptors (Lipinski definition) is 8. The zero-order valence-corrected chi connectivity index (χ0v) is 45.4. The van der Waals surface area contributed by atoms with E-state index < -0.39 is 11.2 Å². The molecule has 2 spiro atoms. The molecule has 0 aliphatic carbocycles. The summed E-state index contributed by atoms with van der Waals surface area (Å²) in [6.07, 6.45) is 29.7. The third-order valence-electron chi connectivity index (χ3n) is 16.4. The standard InChI is InChI=1S/C66H84N2O6/c1-5-9-13-17-21-29-41-67(42-30-22-18-14-10-6-2)49-37-39-55-59(45-49)71-61-48-62-58(47-57(61)65(55)53-35-27-25-33-51(53)63(69)73-65)66(54-36-28-26-34-52(54)64(70)74-66)56-40-38-50(46-60(56)72-62)68(43-31-23-19-15-11-7-3)44-32-24-20-16-12-8-4/h25-28,33-40,45-48H,5-24,29-32,41-44H2,1-4H3/t65-,66+. The van der Waals surface area contributed by atoms with E-state index in [0.29, 0.717) is 45.3 Å². The first-order valence-corrected chi connectivity index (χ1v) is 29.4. The maximum absolute atomic E-state index is 14.2. The summed E-state index contributed by atoms with van der Waals surface area (Å²) in [5, 5.41) is 0. The van der Waals surface area contributed by atoms with E-state index in [1.54, 1.807) is 0 Å². The monoisotopic (exact) mass is 1000 g/mol. The van der Waals surface area contributed by atoms with Crippen molar-refractivity contribution in [2.75, 3.05) is 36.0 Å². The summed E-state index contributed by atoms with van der Waals surface area (Å²) in [6, 6.07) is 32.4. The van der Waals surface area contributed by atoms with Crippen LogP contribution in [-0.2, 0) is 20.7 Å². The van der Waals surface area contributed by atoms with Crippen molar-refractivity contribution >= 4 is 23.3 Å². The minimum absolute atomic E-state index is 0.387. The topological polar surface area (TPSA) is 77.5 Å². The molecule has 8 nitrogen and oxygen atoms in total. The Morgan fingerprint density at radius 3 is 1.03 bits per heavy atom. The van der Waals surface area contributed by atoms with Crippen molar-refractivity contribution in [3.05, 3.63) is 142 Å². The minimum Gasteiger partial charge on any atom is -0.456 e. The van der Waals surface area contributed by atoms with Gasteiger partial charge in [-0.3, -0.25) is 0 Å². The van der Waals surface area contributed by atoms with E-state index in [2.05, 4.69) is 73.9 Å². The van der Waals surface area contributed by atoms with Crippen LogP contribution < -0.4 is 19.3 Å². The zero-order valence-electron chi connectivity index (χ0n) is 45.4. The molecule has 5 aromatic rings. The van der Waals surface area contributed by atoms with E-state index in [0.717, 1.165) is 85.5 Å². The van der Waals surface area contributed by atoms with Gasteiger partial charge < -0.3 is 28.7 Å². The predicted molar refractivity (Wildman–Crippen MR) is 301 cm³/mol. The molecule has 0 N–H and O–H groups in total. The number of nitrogens with zero attached hydrogens (tertiary/aromatic N) is 2. The molecule has 8 heteroatoms. The number of carbonyl (C=O) groups excluding carboxylic acids is 2. The molecule has 4 aliphatic heterocycles. The van der Waals surface area contributed by atoms with Crippen LogP contribution in [0.2, 0.25) is 0 Å². The van der Waals surface area contributed by atoms with E-state index in [1.807, 2.05) is 60.7 Å². The Morgan fingerprint density at radius 1 is 0.338 bits per heavy atom. The van der Waals surface area contributed by atoms with Gasteiger partial charge >= 0.3 is 11.9 Å². The fourth-order valence-corrected chi connectivity index (χ4v) is 12.3. The number of unbranched alkanes of at least 4 members (excludes halogenated alkanes) is 20. The van der Waals surface area contributed by atoms with E-state index in [9.17, 15) is 9.59 Å². The summed E-state index contributed by atoms with van der Waals surface area (Å²) in [7, 11) is 0. The van der Waals surface area contributed by atoms with E-state index in [-0.39, 0.29) is 11.9 Å². The second kappa shape index (κ2) is 25.2. The lowest BCUT2D eigenvalue weighted by molar-refractivity contribution is 0.0208. The van der Waals surface area contributed by atoms with Crippen LogP contribution >= 0.6 is 0 Å². The second-order valence-corrected chi connectivity index (χ2v) is 21.7. The summed E-state index contributed by atoms with van der Waals surface area (Å²) in [5.74, 6) is 1.61. The molecule has 0 radical (unpaired) electrons. The van der Waals surface area contributed by atoms with Gasteiger partial charge in [-0.15, -0.1) is 0 Å². The molecule has 394 valence electrons. The van der Waals surface area contributed by atoms with Crippen LogP contribution in [-0.4, -0.2) is 38.1 Å². The van der Waals surface area contributed by atoms with Crippen LogP contribution in [0.4, 0.5) is 11.4 Å². The van der Waals surface area contributed by atoms with Gasteiger partial charge in [-0.2, -0.15) is 0 Å². The average molecular weight is 1000 g/mol. The Balaban J connectivity index is 1.12. The molecule has 2 atom stereocenters. The van der Waals surface area contributed by atoms with Crippen molar-refractivity contribution in [3.8, 4) is 23.0 Å². The molecule has 5 aromatic carbocycles. The van der Waals surface area contributed by atoms with Gasteiger partial charge in [-0.1, -0.05) is 193 Å². The minimum atomic E-state index is -1.34. The highest BCUT2D eigenvalue weighted by molar-refractivity contribution is 5.98. The highest BCUT2D eigenvalue weighted by Crippen LogP contribution is 2.62. The first-order chi connectivity index (χ1) is 36.4. The van der Waals surface area contributed by atoms with Crippen LogP contribution in [0.3, 0.4) is 0 Å². The molecule has 4 heterocycles. The van der Waals surface area contributed by atoms with E-state index in [1.165, 1.54) is 128 Å². The summed E-state index contributed by atoms with van der Waals surface area (Å²) < 4.78 is 27.9. The fraction of sp³-hybridized carbons (Fsp3) is 0.515. The van der Waals surface area contributed by atoms with Gasteiger partial charge in [0.05, 0.1) is 11.1 Å². The van der Waals surface area contributed by atoms with E-state index >= 15 is 0 Å². The van der Waals surface area contributed by atoms with Crippen LogP contribution in [0.1, 0.15) is 236 Å². The molecule has 0 aromatic heterocycles. The lowest BCUT2D eigenvalue weighted by atomic mass is 9.73. The van der Waals surface area contributed by atoms with Crippen molar-refractivity contribution in [1.29, 1.82) is 0 Å². The SMILES string of the molecule is CCCCCCCCN(CCCCCCCC)c1ccc2c(c1)Oc1cc3c(cc1[C@]21OC(=O)c2ccccc21)[C@@]1(OC(=O)c2ccccc21)c1ccc(N(CCCCCCCC)CCCCCCCC)cc1O3.